The maximum absolute atomic E-state index is 13.5. The van der Waals surface area contributed by atoms with Crippen molar-refractivity contribution in [3.63, 3.8) is 0 Å². The Kier molecular flexibility index (Phi) is 3.55. The molecular weight excluding hydrogens is 275 g/mol. The van der Waals surface area contributed by atoms with Crippen molar-refractivity contribution in [2.24, 2.45) is 0 Å². The fourth-order valence-corrected chi connectivity index (χ4v) is 3.23. The summed E-state index contributed by atoms with van der Waals surface area (Å²) in [6, 6.07) is 1.72. The smallest absolute Gasteiger partial charge is 0.258 e. The number of nitrogens with zero attached hydrogens (tertiary/aromatic N) is 1. The summed E-state index contributed by atoms with van der Waals surface area (Å²) in [5, 5.41) is 10.7. The lowest BCUT2D eigenvalue weighted by Gasteiger charge is -2.26. The van der Waals surface area contributed by atoms with Crippen LogP contribution in [0.15, 0.2) is 17.0 Å². The second-order valence-corrected chi connectivity index (χ2v) is 6.29. The Hall–Kier alpha value is -1.54. The summed E-state index contributed by atoms with van der Waals surface area (Å²) in [7, 11) is -3.84. The summed E-state index contributed by atoms with van der Waals surface area (Å²) >= 11 is 0. The van der Waals surface area contributed by atoms with E-state index >= 15 is 0 Å². The minimum atomic E-state index is -3.84. The highest BCUT2D eigenvalue weighted by atomic mass is 32.2. The monoisotopic (exact) mass is 288 g/mol. The third kappa shape index (κ3) is 2.74. The minimum absolute atomic E-state index is 0.0665. The molecule has 0 unspecified atom stereocenters. The molecule has 1 N–H and O–H groups in total. The van der Waals surface area contributed by atoms with Gasteiger partial charge in [-0.15, -0.1) is 0 Å². The molecule has 0 radical (unpaired) electrons. The van der Waals surface area contributed by atoms with Crippen LogP contribution in [0.25, 0.3) is 0 Å². The zero-order valence-corrected chi connectivity index (χ0v) is 11.0. The molecule has 1 aliphatic carbocycles. The number of sulfonamides is 1. The average molecular weight is 288 g/mol. The molecular formula is C11H13FN2O4S. The van der Waals surface area contributed by atoms with E-state index in [2.05, 4.69) is 4.72 Å². The summed E-state index contributed by atoms with van der Waals surface area (Å²) in [4.78, 5) is 9.49. The van der Waals surface area contributed by atoms with Crippen LogP contribution in [-0.4, -0.2) is 19.4 Å². The van der Waals surface area contributed by atoms with Gasteiger partial charge in [0.2, 0.25) is 15.8 Å². The lowest BCUT2D eigenvalue weighted by molar-refractivity contribution is -0.387. The topological polar surface area (TPSA) is 89.3 Å². The van der Waals surface area contributed by atoms with Gasteiger partial charge in [0.25, 0.3) is 0 Å². The van der Waals surface area contributed by atoms with Crippen LogP contribution in [0.1, 0.15) is 24.8 Å². The summed E-state index contributed by atoms with van der Waals surface area (Å²) in [6.07, 6.45) is 2.46. The van der Waals surface area contributed by atoms with E-state index in [0.29, 0.717) is 0 Å². The molecule has 0 aromatic heterocycles. The van der Waals surface area contributed by atoms with E-state index < -0.39 is 26.5 Å². The van der Waals surface area contributed by atoms with Crippen LogP contribution in [0.3, 0.4) is 0 Å². The summed E-state index contributed by atoms with van der Waals surface area (Å²) < 4.78 is 40.0. The SMILES string of the molecule is Cc1cc(S(=O)(=O)NC2CCC2)cc([N+](=O)[O-])c1F. The van der Waals surface area contributed by atoms with Gasteiger partial charge in [-0.2, -0.15) is 4.39 Å². The van der Waals surface area contributed by atoms with Gasteiger partial charge in [0.1, 0.15) is 0 Å². The summed E-state index contributed by atoms with van der Waals surface area (Å²) in [5.41, 5.74) is -0.892. The van der Waals surface area contributed by atoms with E-state index in [-0.39, 0.29) is 16.5 Å². The third-order valence-electron chi connectivity index (χ3n) is 3.14. The highest BCUT2D eigenvalue weighted by Gasteiger charge is 2.28. The first-order valence-corrected chi connectivity index (χ1v) is 7.26. The van der Waals surface area contributed by atoms with Gasteiger partial charge in [-0.1, -0.05) is 6.42 Å². The highest BCUT2D eigenvalue weighted by molar-refractivity contribution is 7.89. The Balaban J connectivity index is 2.41. The van der Waals surface area contributed by atoms with Gasteiger partial charge in [0.05, 0.1) is 9.82 Å². The van der Waals surface area contributed by atoms with Crippen molar-refractivity contribution in [3.05, 3.63) is 33.6 Å². The zero-order chi connectivity index (χ0) is 14.2. The van der Waals surface area contributed by atoms with Crippen molar-refractivity contribution in [2.45, 2.75) is 37.1 Å². The number of nitro benzene ring substituents is 1. The maximum atomic E-state index is 13.5. The highest BCUT2D eigenvalue weighted by Crippen LogP contribution is 2.26. The van der Waals surface area contributed by atoms with E-state index in [4.69, 9.17) is 0 Å². The van der Waals surface area contributed by atoms with Crippen LogP contribution < -0.4 is 4.72 Å². The maximum Gasteiger partial charge on any atom is 0.306 e. The van der Waals surface area contributed by atoms with E-state index in [1.54, 1.807) is 0 Å². The Bertz CT molecular complexity index is 626. The van der Waals surface area contributed by atoms with E-state index in [1.165, 1.54) is 6.92 Å². The first-order chi connectivity index (χ1) is 8.81. The van der Waals surface area contributed by atoms with Crippen LogP contribution in [0, 0.1) is 22.9 Å². The van der Waals surface area contributed by atoms with E-state index in [0.717, 1.165) is 31.4 Å². The molecule has 2 rings (SSSR count). The van der Waals surface area contributed by atoms with Gasteiger partial charge < -0.3 is 0 Å². The molecule has 1 aliphatic rings. The number of halogens is 1. The quantitative estimate of drug-likeness (QED) is 0.676. The van der Waals surface area contributed by atoms with Crippen LogP contribution in [0.4, 0.5) is 10.1 Å². The van der Waals surface area contributed by atoms with Gasteiger partial charge in [0, 0.05) is 12.1 Å². The molecule has 104 valence electrons. The standard InChI is InChI=1S/C11H13FN2O4S/c1-7-5-9(6-10(11(7)12)14(15)16)19(17,18)13-8-3-2-4-8/h5-6,8,13H,2-4H2,1H3. The average Bonchev–Trinajstić information content (AvgIpc) is 2.26. The molecule has 19 heavy (non-hydrogen) atoms. The lowest BCUT2D eigenvalue weighted by atomic mass is 9.94. The molecule has 6 nitrogen and oxygen atoms in total. The number of nitrogens with one attached hydrogen (secondary N) is 1. The Morgan fingerprint density at radius 1 is 1.42 bits per heavy atom. The second-order valence-electron chi connectivity index (χ2n) is 4.58. The molecule has 8 heteroatoms. The number of rotatable bonds is 4. The van der Waals surface area contributed by atoms with Gasteiger partial charge in [-0.3, -0.25) is 10.1 Å². The number of hydrogen-bond acceptors (Lipinski definition) is 4. The molecule has 0 atom stereocenters. The summed E-state index contributed by atoms with van der Waals surface area (Å²) in [6.45, 7) is 1.30. The van der Waals surface area contributed by atoms with Gasteiger partial charge in [-0.25, -0.2) is 13.1 Å². The molecule has 1 aromatic carbocycles. The van der Waals surface area contributed by atoms with Crippen molar-refractivity contribution in [2.75, 3.05) is 0 Å². The van der Waals surface area contributed by atoms with E-state index in [9.17, 15) is 22.9 Å². The van der Waals surface area contributed by atoms with Crippen molar-refractivity contribution < 1.29 is 17.7 Å². The lowest BCUT2D eigenvalue weighted by Crippen LogP contribution is -2.39. The Morgan fingerprint density at radius 2 is 2.05 bits per heavy atom. The molecule has 0 amide bonds. The van der Waals surface area contributed by atoms with Gasteiger partial charge >= 0.3 is 5.69 Å². The van der Waals surface area contributed by atoms with Crippen LogP contribution in [0.2, 0.25) is 0 Å². The third-order valence-corrected chi connectivity index (χ3v) is 4.64. The van der Waals surface area contributed by atoms with Gasteiger partial charge in [0.15, 0.2) is 0 Å². The number of aryl methyl sites for hydroxylation is 1. The molecule has 0 spiro atoms. The van der Waals surface area contributed by atoms with Crippen molar-refractivity contribution in [1.82, 2.24) is 4.72 Å². The zero-order valence-electron chi connectivity index (χ0n) is 10.2. The largest absolute Gasteiger partial charge is 0.306 e. The molecule has 0 saturated heterocycles. The van der Waals surface area contributed by atoms with Crippen molar-refractivity contribution >= 4 is 15.7 Å². The number of nitro groups is 1. The molecule has 1 aromatic rings. The van der Waals surface area contributed by atoms with Crippen molar-refractivity contribution in [1.29, 1.82) is 0 Å². The first kappa shape index (κ1) is 13.9. The fraction of sp³-hybridized carbons (Fsp3) is 0.455. The molecule has 0 bridgehead atoms. The van der Waals surface area contributed by atoms with Crippen molar-refractivity contribution in [3.8, 4) is 0 Å². The normalized spacial score (nSPS) is 16.1. The molecule has 0 aliphatic heterocycles. The van der Waals surface area contributed by atoms with Crippen LogP contribution in [-0.2, 0) is 10.0 Å². The van der Waals surface area contributed by atoms with Gasteiger partial charge in [-0.05, 0) is 31.4 Å². The Labute approximate surface area is 109 Å². The number of hydrogen-bond donors (Lipinski definition) is 1. The summed E-state index contributed by atoms with van der Waals surface area (Å²) in [5.74, 6) is -1.01. The Morgan fingerprint density at radius 3 is 2.53 bits per heavy atom. The minimum Gasteiger partial charge on any atom is -0.258 e. The molecule has 1 fully saturated rings. The first-order valence-electron chi connectivity index (χ1n) is 5.78. The predicted molar refractivity (Wildman–Crippen MR) is 65.8 cm³/mol. The van der Waals surface area contributed by atoms with E-state index in [1.807, 2.05) is 0 Å². The second kappa shape index (κ2) is 4.86. The molecule has 0 heterocycles. The van der Waals surface area contributed by atoms with Crippen LogP contribution in [0.5, 0.6) is 0 Å². The molecule has 1 saturated carbocycles. The predicted octanol–water partition coefficient (Wildman–Crippen LogP) is 1.87. The fourth-order valence-electron chi connectivity index (χ4n) is 1.82. The van der Waals surface area contributed by atoms with Crippen LogP contribution >= 0.6 is 0 Å². The number of benzene rings is 1.